The van der Waals surface area contributed by atoms with Crippen LogP contribution < -0.4 is 0 Å². The van der Waals surface area contributed by atoms with Gasteiger partial charge < -0.3 is 4.74 Å². The van der Waals surface area contributed by atoms with Crippen molar-refractivity contribution in [1.29, 1.82) is 0 Å². The summed E-state index contributed by atoms with van der Waals surface area (Å²) < 4.78 is 4.82. The van der Waals surface area contributed by atoms with Crippen LogP contribution in [-0.2, 0) is 9.53 Å². The molecule has 5 nitrogen and oxygen atoms in total. The summed E-state index contributed by atoms with van der Waals surface area (Å²) in [5, 5.41) is 10.3. The van der Waals surface area contributed by atoms with Crippen molar-refractivity contribution < 1.29 is 14.5 Å². The fraction of sp³-hybridized carbons (Fsp3) is 0. The smallest absolute Gasteiger partial charge is 0.356 e. The van der Waals surface area contributed by atoms with Crippen LogP contribution in [0.3, 0.4) is 0 Å². The molecule has 1 heterocycles. The molecule has 18 heavy (non-hydrogen) atoms. The molecule has 1 aromatic rings. The van der Waals surface area contributed by atoms with Crippen LogP contribution in [0.5, 0.6) is 0 Å². The summed E-state index contributed by atoms with van der Waals surface area (Å²) in [6.07, 6.45) is 1.47. The Kier molecular flexibility index (Phi) is 3.36. The second-order valence-electron chi connectivity index (χ2n) is 3.37. The minimum Gasteiger partial charge on any atom is -0.421 e. The summed E-state index contributed by atoms with van der Waals surface area (Å²) in [5.41, 5.74) is 0.577. The predicted octanol–water partition coefficient (Wildman–Crippen LogP) is 3.18. The molecule has 0 saturated heterocycles. The fourth-order valence-corrected chi connectivity index (χ4v) is 1.63. The first-order chi connectivity index (χ1) is 8.49. The maximum atomic E-state index is 11.1. The van der Waals surface area contributed by atoms with E-state index in [0.717, 1.165) is 0 Å². The molecule has 0 spiro atoms. The van der Waals surface area contributed by atoms with Crippen LogP contribution in [0.25, 0.3) is 6.08 Å². The van der Waals surface area contributed by atoms with Crippen LogP contribution >= 0.6 is 23.2 Å². The minimum atomic E-state index is -0.713. The van der Waals surface area contributed by atoms with Gasteiger partial charge >= 0.3 is 5.97 Å². The predicted molar refractivity (Wildman–Crippen MR) is 65.9 cm³/mol. The third-order valence-electron chi connectivity index (χ3n) is 2.19. The number of benzene rings is 1. The quantitative estimate of drug-likeness (QED) is 0.475. The Morgan fingerprint density at radius 2 is 1.78 bits per heavy atom. The van der Waals surface area contributed by atoms with Gasteiger partial charge in [0.25, 0.3) is 5.69 Å². The van der Waals surface area contributed by atoms with Gasteiger partial charge in [-0.05, 0) is 23.8 Å². The van der Waals surface area contributed by atoms with Crippen molar-refractivity contribution in [2.45, 2.75) is 0 Å². The van der Waals surface area contributed by atoms with E-state index in [4.69, 9.17) is 27.9 Å². The number of cyclic esters (lactones) is 1. The molecule has 92 valence electrons. The average Bonchev–Trinajstić information content (AvgIpc) is 2.58. The minimum absolute atomic E-state index is 0.0276. The normalized spacial score (nSPS) is 17.2. The van der Waals surface area contributed by atoms with Crippen LogP contribution in [0, 0.1) is 10.1 Å². The number of ether oxygens (including phenoxy) is 1. The number of halogens is 2. The Morgan fingerprint density at radius 3 is 2.22 bits per heavy atom. The molecule has 0 amide bonds. The molecule has 0 aromatic heterocycles. The number of carbonyl (C=O) groups is 1. The molecule has 0 N–H and O–H groups in total. The van der Waals surface area contributed by atoms with E-state index in [1.165, 1.54) is 30.3 Å². The Hall–Kier alpha value is -1.85. The maximum Gasteiger partial charge on any atom is 0.356 e. The first-order valence-electron chi connectivity index (χ1n) is 4.73. The first-order valence-corrected chi connectivity index (χ1v) is 5.48. The van der Waals surface area contributed by atoms with Gasteiger partial charge in [-0.2, -0.15) is 0 Å². The number of carbonyl (C=O) groups excluding carboxylic acids is 1. The van der Waals surface area contributed by atoms with E-state index >= 15 is 0 Å². The third kappa shape index (κ3) is 2.37. The number of non-ortho nitro benzene ring substituents is 1. The molecule has 1 aliphatic heterocycles. The molecule has 0 atom stereocenters. The number of nitro groups is 1. The van der Waals surface area contributed by atoms with Gasteiger partial charge in [0.15, 0.2) is 5.76 Å². The lowest BCUT2D eigenvalue weighted by Crippen LogP contribution is -1.93. The molecule has 0 unspecified atom stereocenters. The second-order valence-corrected chi connectivity index (χ2v) is 4.13. The maximum absolute atomic E-state index is 11.1. The zero-order valence-corrected chi connectivity index (χ0v) is 10.2. The van der Waals surface area contributed by atoms with Crippen LogP contribution in [0.4, 0.5) is 5.69 Å². The average molecular weight is 286 g/mol. The summed E-state index contributed by atoms with van der Waals surface area (Å²) in [7, 11) is 0. The summed E-state index contributed by atoms with van der Waals surface area (Å²) >= 11 is 11.4. The van der Waals surface area contributed by atoms with E-state index in [-0.39, 0.29) is 21.5 Å². The highest BCUT2D eigenvalue weighted by atomic mass is 35.5. The molecule has 2 rings (SSSR count). The molecular formula is C11H5Cl2NO4. The number of nitro benzene ring substituents is 1. The number of hydrogen-bond acceptors (Lipinski definition) is 4. The summed E-state index contributed by atoms with van der Waals surface area (Å²) in [4.78, 5) is 21.1. The van der Waals surface area contributed by atoms with Crippen molar-refractivity contribution in [3.8, 4) is 0 Å². The molecule has 7 heteroatoms. The van der Waals surface area contributed by atoms with Gasteiger partial charge in [-0.3, -0.25) is 10.1 Å². The second kappa shape index (κ2) is 4.80. The van der Waals surface area contributed by atoms with Gasteiger partial charge in [-0.25, -0.2) is 4.79 Å². The monoisotopic (exact) mass is 285 g/mol. The Morgan fingerprint density at radius 1 is 1.17 bits per heavy atom. The Labute approximate surface area is 111 Å². The SMILES string of the molecule is O=C1O/C(=C\c2ccc([N+](=O)[O-])cc2)C(Cl)=C1Cl. The van der Waals surface area contributed by atoms with E-state index in [9.17, 15) is 14.9 Å². The van der Waals surface area contributed by atoms with E-state index in [1.807, 2.05) is 0 Å². The van der Waals surface area contributed by atoms with E-state index in [2.05, 4.69) is 0 Å². The molecule has 1 aromatic carbocycles. The molecule has 0 radical (unpaired) electrons. The van der Waals surface area contributed by atoms with E-state index in [0.29, 0.717) is 5.56 Å². The van der Waals surface area contributed by atoms with Crippen LogP contribution in [0.1, 0.15) is 5.56 Å². The van der Waals surface area contributed by atoms with Crippen LogP contribution in [-0.4, -0.2) is 10.9 Å². The molecular weight excluding hydrogens is 281 g/mol. The largest absolute Gasteiger partial charge is 0.421 e. The van der Waals surface area contributed by atoms with Crippen molar-refractivity contribution in [3.05, 3.63) is 55.8 Å². The molecule has 0 fully saturated rings. The van der Waals surface area contributed by atoms with Crippen molar-refractivity contribution in [2.24, 2.45) is 0 Å². The van der Waals surface area contributed by atoms with Gasteiger partial charge in [0, 0.05) is 12.1 Å². The Bertz CT molecular complexity index is 590. The standard InChI is InChI=1S/C11H5Cl2NO4/c12-9-8(18-11(15)10(9)13)5-6-1-3-7(4-2-6)14(16)17/h1-5H/b8-5-. The topological polar surface area (TPSA) is 69.4 Å². The van der Waals surface area contributed by atoms with Gasteiger partial charge in [0.2, 0.25) is 0 Å². The molecule has 0 aliphatic carbocycles. The highest BCUT2D eigenvalue weighted by Gasteiger charge is 2.27. The van der Waals surface area contributed by atoms with Gasteiger partial charge in [-0.1, -0.05) is 23.2 Å². The zero-order valence-electron chi connectivity index (χ0n) is 8.72. The molecule has 0 saturated carbocycles. The van der Waals surface area contributed by atoms with Crippen molar-refractivity contribution in [2.75, 3.05) is 0 Å². The van der Waals surface area contributed by atoms with Gasteiger partial charge in [0.1, 0.15) is 10.1 Å². The lowest BCUT2D eigenvalue weighted by Gasteiger charge is -1.98. The fourth-order valence-electron chi connectivity index (χ4n) is 1.32. The first kappa shape index (κ1) is 12.6. The van der Waals surface area contributed by atoms with E-state index < -0.39 is 10.9 Å². The highest BCUT2D eigenvalue weighted by molar-refractivity contribution is 6.50. The summed E-state index contributed by atoms with van der Waals surface area (Å²) in [5.74, 6) is -0.588. The molecule has 1 aliphatic rings. The van der Waals surface area contributed by atoms with E-state index in [1.54, 1.807) is 0 Å². The van der Waals surface area contributed by atoms with Crippen LogP contribution in [0.2, 0.25) is 0 Å². The number of nitrogens with zero attached hydrogens (tertiary/aromatic N) is 1. The summed E-state index contributed by atoms with van der Waals surface area (Å²) in [6, 6.07) is 5.69. The number of hydrogen-bond donors (Lipinski definition) is 0. The lowest BCUT2D eigenvalue weighted by molar-refractivity contribution is -0.384. The molecule has 0 bridgehead atoms. The number of esters is 1. The van der Waals surface area contributed by atoms with Crippen molar-refractivity contribution in [1.82, 2.24) is 0 Å². The number of allylic oxidation sites excluding steroid dienone is 1. The lowest BCUT2D eigenvalue weighted by atomic mass is 10.2. The van der Waals surface area contributed by atoms with Crippen molar-refractivity contribution in [3.63, 3.8) is 0 Å². The zero-order chi connectivity index (χ0) is 13.3. The van der Waals surface area contributed by atoms with Gasteiger partial charge in [0.05, 0.1) is 4.92 Å². The Balaban J connectivity index is 2.30. The summed E-state index contributed by atoms with van der Waals surface area (Å²) in [6.45, 7) is 0. The highest BCUT2D eigenvalue weighted by Crippen LogP contribution is 2.32. The van der Waals surface area contributed by atoms with Crippen LogP contribution in [0.15, 0.2) is 40.1 Å². The van der Waals surface area contributed by atoms with Gasteiger partial charge in [-0.15, -0.1) is 0 Å². The number of rotatable bonds is 2. The van der Waals surface area contributed by atoms with Crippen molar-refractivity contribution >= 4 is 40.9 Å². The third-order valence-corrected chi connectivity index (χ3v) is 3.01.